The van der Waals surface area contributed by atoms with Gasteiger partial charge in [0.1, 0.15) is 0 Å². The summed E-state index contributed by atoms with van der Waals surface area (Å²) in [5.41, 5.74) is 5.11. The fourth-order valence-electron chi connectivity index (χ4n) is 1.43. The zero-order valence-electron chi connectivity index (χ0n) is 6.66. The van der Waals surface area contributed by atoms with Gasteiger partial charge in [0.15, 0.2) is 0 Å². The highest BCUT2D eigenvalue weighted by atomic mass is 16.4. The van der Waals surface area contributed by atoms with Crippen molar-refractivity contribution in [1.82, 2.24) is 4.90 Å². The van der Waals surface area contributed by atoms with Gasteiger partial charge in [-0.05, 0) is 12.8 Å². The monoisotopic (exact) mass is 171 g/mol. The zero-order chi connectivity index (χ0) is 9.14. The van der Waals surface area contributed by atoms with Crippen molar-refractivity contribution in [2.24, 2.45) is 5.73 Å². The molecule has 1 aliphatic rings. The second kappa shape index (κ2) is 3.53. The van der Waals surface area contributed by atoms with Crippen molar-refractivity contribution >= 4 is 11.9 Å². The topological polar surface area (TPSA) is 86.5 Å². The molecule has 2 N–H and O–H groups in total. The van der Waals surface area contributed by atoms with E-state index in [2.05, 4.69) is 0 Å². The van der Waals surface area contributed by atoms with E-state index in [1.165, 1.54) is 4.90 Å². The van der Waals surface area contributed by atoms with Crippen LogP contribution in [0.15, 0.2) is 0 Å². The van der Waals surface area contributed by atoms with Crippen molar-refractivity contribution in [3.05, 3.63) is 0 Å². The number of likely N-dealkylation sites (tertiary alicyclic amines) is 1. The minimum absolute atomic E-state index is 0.135. The number of carbonyl (C=O) groups excluding carboxylic acids is 2. The number of carboxylic acids is 1. The lowest BCUT2D eigenvalue weighted by Crippen LogP contribution is -2.48. The van der Waals surface area contributed by atoms with Gasteiger partial charge in [-0.25, -0.2) is 0 Å². The first-order valence-electron chi connectivity index (χ1n) is 3.87. The molecule has 1 atom stereocenters. The summed E-state index contributed by atoms with van der Waals surface area (Å²) >= 11 is 0. The average molecular weight is 171 g/mol. The number of rotatable bonds is 2. The molecule has 0 aromatic carbocycles. The van der Waals surface area contributed by atoms with Gasteiger partial charge in [0.25, 0.3) is 0 Å². The Morgan fingerprint density at radius 1 is 1.58 bits per heavy atom. The molecule has 12 heavy (non-hydrogen) atoms. The van der Waals surface area contributed by atoms with Crippen LogP contribution in [-0.4, -0.2) is 35.9 Å². The average Bonchev–Trinajstić information content (AvgIpc) is 2.50. The molecule has 5 nitrogen and oxygen atoms in total. The van der Waals surface area contributed by atoms with Crippen LogP contribution in [0.2, 0.25) is 0 Å². The lowest BCUT2D eigenvalue weighted by Gasteiger charge is -2.24. The number of amides is 1. The van der Waals surface area contributed by atoms with E-state index in [4.69, 9.17) is 5.73 Å². The number of hydrogen-bond donors (Lipinski definition) is 1. The Morgan fingerprint density at radius 2 is 2.25 bits per heavy atom. The van der Waals surface area contributed by atoms with E-state index in [9.17, 15) is 14.7 Å². The van der Waals surface area contributed by atoms with Gasteiger partial charge < -0.3 is 20.5 Å². The van der Waals surface area contributed by atoms with Crippen LogP contribution in [0.4, 0.5) is 0 Å². The highest BCUT2D eigenvalue weighted by molar-refractivity contribution is 5.84. The third-order valence-corrected chi connectivity index (χ3v) is 2.02. The lowest BCUT2D eigenvalue weighted by molar-refractivity contribution is -0.310. The predicted molar refractivity (Wildman–Crippen MR) is 38.8 cm³/mol. The van der Waals surface area contributed by atoms with Gasteiger partial charge in [0.05, 0.1) is 18.6 Å². The molecule has 5 heteroatoms. The number of nitrogens with two attached hydrogens (primary N) is 1. The zero-order valence-corrected chi connectivity index (χ0v) is 6.66. The summed E-state index contributed by atoms with van der Waals surface area (Å²) in [6.45, 7) is 0.346. The van der Waals surface area contributed by atoms with E-state index < -0.39 is 12.0 Å². The Kier molecular flexibility index (Phi) is 2.65. The molecule has 0 saturated carbocycles. The first kappa shape index (κ1) is 8.99. The summed E-state index contributed by atoms with van der Waals surface area (Å²) in [4.78, 5) is 22.8. The molecule has 1 amide bonds. The third-order valence-electron chi connectivity index (χ3n) is 2.02. The van der Waals surface area contributed by atoms with Crippen LogP contribution in [0.3, 0.4) is 0 Å². The van der Waals surface area contributed by atoms with E-state index in [-0.39, 0.29) is 12.5 Å². The number of hydrogen-bond acceptors (Lipinski definition) is 4. The lowest BCUT2D eigenvalue weighted by atomic mass is 10.2. The molecule has 1 rings (SSSR count). The summed E-state index contributed by atoms with van der Waals surface area (Å²) in [5.74, 6) is -1.50. The number of aliphatic carboxylic acids is 1. The molecule has 1 saturated heterocycles. The van der Waals surface area contributed by atoms with Crippen molar-refractivity contribution in [2.75, 3.05) is 13.1 Å². The second-order valence-corrected chi connectivity index (χ2v) is 2.77. The van der Waals surface area contributed by atoms with Crippen LogP contribution in [-0.2, 0) is 9.59 Å². The smallest absolute Gasteiger partial charge is 0.236 e. The van der Waals surface area contributed by atoms with Gasteiger partial charge in [0, 0.05) is 6.54 Å². The van der Waals surface area contributed by atoms with Crippen molar-refractivity contribution in [3.63, 3.8) is 0 Å². The molecule has 0 aliphatic carbocycles. The van der Waals surface area contributed by atoms with Crippen LogP contribution in [0.25, 0.3) is 0 Å². The minimum Gasteiger partial charge on any atom is -0.548 e. The van der Waals surface area contributed by atoms with Gasteiger partial charge in [0.2, 0.25) is 5.91 Å². The third kappa shape index (κ3) is 1.55. The SMILES string of the molecule is NCC(=O)N1CCCC1C(=O)[O-]. The molecule has 0 radical (unpaired) electrons. The maximum atomic E-state index is 11.0. The number of carboxylic acid groups (broad SMARTS) is 1. The van der Waals surface area contributed by atoms with Crippen LogP contribution < -0.4 is 10.8 Å². The number of carbonyl (C=O) groups is 2. The Hall–Kier alpha value is -1.10. The molecular weight excluding hydrogens is 160 g/mol. The molecular formula is C7H11N2O3-. The summed E-state index contributed by atoms with van der Waals surface area (Å²) < 4.78 is 0. The standard InChI is InChI=1S/C7H12N2O3/c8-4-6(10)9-3-1-2-5(9)7(11)12/h5H,1-4,8H2,(H,11,12)/p-1. The largest absolute Gasteiger partial charge is 0.548 e. The van der Waals surface area contributed by atoms with E-state index in [0.29, 0.717) is 19.4 Å². The normalized spacial score (nSPS) is 22.8. The molecule has 0 bridgehead atoms. The highest BCUT2D eigenvalue weighted by Crippen LogP contribution is 2.15. The van der Waals surface area contributed by atoms with E-state index in [1.54, 1.807) is 0 Å². The molecule has 1 unspecified atom stereocenters. The molecule has 0 aromatic rings. The molecule has 1 fully saturated rings. The molecule has 0 spiro atoms. The van der Waals surface area contributed by atoms with Gasteiger partial charge in [-0.2, -0.15) is 0 Å². The summed E-state index contributed by atoms with van der Waals surface area (Å²) in [6, 6.07) is -0.763. The molecule has 0 aromatic heterocycles. The van der Waals surface area contributed by atoms with E-state index in [0.717, 1.165) is 0 Å². The van der Waals surface area contributed by atoms with E-state index in [1.807, 2.05) is 0 Å². The van der Waals surface area contributed by atoms with Gasteiger partial charge in [-0.1, -0.05) is 0 Å². The van der Waals surface area contributed by atoms with E-state index >= 15 is 0 Å². The fourth-order valence-corrected chi connectivity index (χ4v) is 1.43. The number of nitrogens with zero attached hydrogens (tertiary/aromatic N) is 1. The quantitative estimate of drug-likeness (QED) is 0.505. The van der Waals surface area contributed by atoms with Gasteiger partial charge in [-0.15, -0.1) is 0 Å². The summed E-state index contributed by atoms with van der Waals surface area (Å²) in [7, 11) is 0. The Balaban J connectivity index is 2.63. The van der Waals surface area contributed by atoms with Crippen LogP contribution in [0.5, 0.6) is 0 Å². The second-order valence-electron chi connectivity index (χ2n) is 2.77. The summed E-state index contributed by atoms with van der Waals surface area (Å²) in [6.07, 6.45) is 1.19. The van der Waals surface area contributed by atoms with Crippen LogP contribution in [0, 0.1) is 0 Å². The van der Waals surface area contributed by atoms with Gasteiger partial charge in [-0.3, -0.25) is 4.79 Å². The Morgan fingerprint density at radius 3 is 2.75 bits per heavy atom. The van der Waals surface area contributed by atoms with Crippen LogP contribution in [0.1, 0.15) is 12.8 Å². The first-order valence-corrected chi connectivity index (χ1v) is 3.87. The van der Waals surface area contributed by atoms with Gasteiger partial charge >= 0.3 is 0 Å². The molecule has 68 valence electrons. The van der Waals surface area contributed by atoms with Crippen molar-refractivity contribution in [3.8, 4) is 0 Å². The van der Waals surface area contributed by atoms with Crippen molar-refractivity contribution < 1.29 is 14.7 Å². The van der Waals surface area contributed by atoms with Crippen molar-refractivity contribution in [2.45, 2.75) is 18.9 Å². The highest BCUT2D eigenvalue weighted by Gasteiger charge is 2.28. The molecule has 1 heterocycles. The molecule has 1 aliphatic heterocycles. The predicted octanol–water partition coefficient (Wildman–Crippen LogP) is -2.31. The summed E-state index contributed by atoms with van der Waals surface area (Å²) in [5, 5.41) is 10.5. The Bertz CT molecular complexity index is 205. The first-order chi connectivity index (χ1) is 5.66. The van der Waals surface area contributed by atoms with Crippen LogP contribution >= 0.6 is 0 Å². The fraction of sp³-hybridized carbons (Fsp3) is 0.714. The maximum Gasteiger partial charge on any atom is 0.236 e. The van der Waals surface area contributed by atoms with Crippen molar-refractivity contribution in [1.29, 1.82) is 0 Å². The minimum atomic E-state index is -1.19. The Labute approximate surface area is 70.1 Å². The maximum absolute atomic E-state index is 11.0.